The zero-order chi connectivity index (χ0) is 21.4. The van der Waals surface area contributed by atoms with Crippen molar-refractivity contribution in [1.29, 1.82) is 0 Å². The minimum Gasteiger partial charge on any atom is -0.497 e. The Balaban J connectivity index is 1.81. The molecule has 7 nitrogen and oxygen atoms in total. The van der Waals surface area contributed by atoms with Gasteiger partial charge in [0, 0.05) is 35.4 Å². The third-order valence-electron chi connectivity index (χ3n) is 5.75. The van der Waals surface area contributed by atoms with E-state index in [2.05, 4.69) is 6.07 Å². The van der Waals surface area contributed by atoms with Gasteiger partial charge in [-0.15, -0.1) is 0 Å². The monoisotopic (exact) mass is 405 g/mol. The molecule has 2 aromatic carbocycles. The Kier molecular flexibility index (Phi) is 5.11. The molecule has 0 aromatic heterocycles. The number of non-ortho nitro benzene ring substituents is 1. The Morgan fingerprint density at radius 3 is 2.60 bits per heavy atom. The lowest BCUT2D eigenvalue weighted by Crippen LogP contribution is -2.28. The maximum absolute atomic E-state index is 11.7. The van der Waals surface area contributed by atoms with Gasteiger partial charge in [-0.25, -0.2) is 0 Å². The number of nitrogens with zero attached hydrogens (tertiary/aromatic N) is 3. The van der Waals surface area contributed by atoms with Crippen LogP contribution in [0.5, 0.6) is 5.75 Å². The van der Waals surface area contributed by atoms with E-state index in [0.29, 0.717) is 0 Å². The summed E-state index contributed by atoms with van der Waals surface area (Å²) in [5.41, 5.74) is 5.00. The van der Waals surface area contributed by atoms with Crippen LogP contribution in [0.1, 0.15) is 43.0 Å². The fourth-order valence-electron chi connectivity index (χ4n) is 4.40. The smallest absolute Gasteiger partial charge is 0.269 e. The van der Waals surface area contributed by atoms with Gasteiger partial charge in [-0.3, -0.25) is 19.9 Å². The molecule has 1 aliphatic carbocycles. The number of rotatable bonds is 5. The number of hydrazone groups is 1. The van der Waals surface area contributed by atoms with Gasteiger partial charge >= 0.3 is 0 Å². The minimum atomic E-state index is -0.401. The summed E-state index contributed by atoms with van der Waals surface area (Å²) in [5.74, 6) is 0.840. The Morgan fingerprint density at radius 2 is 1.97 bits per heavy atom. The molecule has 154 valence electrons. The third kappa shape index (κ3) is 3.47. The molecule has 0 fully saturated rings. The van der Waals surface area contributed by atoms with E-state index in [1.807, 2.05) is 24.1 Å². The number of carbonyl (C=O) groups excluding carboxylic acids is 1. The normalized spacial score (nSPS) is 20.3. The summed E-state index contributed by atoms with van der Waals surface area (Å²) in [4.78, 5) is 22.4. The molecule has 0 unspecified atom stereocenters. The number of methoxy groups -OCH3 is 1. The van der Waals surface area contributed by atoms with Crippen LogP contribution < -0.4 is 4.74 Å². The van der Waals surface area contributed by atoms with Crippen molar-refractivity contribution in [1.82, 2.24) is 5.01 Å². The van der Waals surface area contributed by atoms with Gasteiger partial charge in [0.25, 0.3) is 5.69 Å². The molecule has 30 heavy (non-hydrogen) atoms. The van der Waals surface area contributed by atoms with E-state index in [1.54, 1.807) is 25.3 Å². The van der Waals surface area contributed by atoms with Crippen molar-refractivity contribution in [3.63, 3.8) is 0 Å². The highest BCUT2D eigenvalue weighted by Gasteiger charge is 2.42. The molecular formula is C23H23N3O4. The fraction of sp³-hybridized carbons (Fsp3) is 0.304. The predicted octanol–water partition coefficient (Wildman–Crippen LogP) is 4.42. The van der Waals surface area contributed by atoms with Crippen LogP contribution in [-0.4, -0.2) is 28.5 Å². The average Bonchev–Trinajstić information content (AvgIpc) is 3.13. The molecule has 1 heterocycles. The molecule has 2 aromatic rings. The molecule has 0 bridgehead atoms. The molecular weight excluding hydrogens is 382 g/mol. The van der Waals surface area contributed by atoms with Crippen LogP contribution in [0.3, 0.4) is 0 Å². The van der Waals surface area contributed by atoms with Crippen molar-refractivity contribution >= 4 is 17.2 Å². The van der Waals surface area contributed by atoms with Crippen LogP contribution in [-0.2, 0) is 11.2 Å². The number of nitro groups is 1. The second-order valence-electron chi connectivity index (χ2n) is 7.69. The number of nitro benzene ring substituents is 1. The molecule has 7 heteroatoms. The number of carbonyl (C=O) groups is 1. The van der Waals surface area contributed by atoms with Gasteiger partial charge in [0.05, 0.1) is 23.8 Å². The van der Waals surface area contributed by atoms with Crippen LogP contribution in [0.15, 0.2) is 59.3 Å². The largest absolute Gasteiger partial charge is 0.497 e. The quantitative estimate of drug-likeness (QED) is 0.418. The van der Waals surface area contributed by atoms with Gasteiger partial charge in [0.15, 0.2) is 5.78 Å². The topological polar surface area (TPSA) is 85.0 Å². The Bertz CT molecular complexity index is 1070. The highest BCUT2D eigenvalue weighted by atomic mass is 16.6. The number of hydrogen-bond donors (Lipinski definition) is 0. The lowest BCUT2D eigenvalue weighted by Gasteiger charge is -2.31. The molecule has 2 aliphatic rings. The maximum atomic E-state index is 11.7. The van der Waals surface area contributed by atoms with Gasteiger partial charge in [-0.2, -0.15) is 5.10 Å². The molecule has 0 N–H and O–H groups in total. The van der Waals surface area contributed by atoms with Crippen LogP contribution in [0, 0.1) is 16.0 Å². The lowest BCUT2D eigenvalue weighted by atomic mass is 9.77. The van der Waals surface area contributed by atoms with Crippen LogP contribution in [0.2, 0.25) is 0 Å². The Labute approximate surface area is 174 Å². The van der Waals surface area contributed by atoms with E-state index < -0.39 is 4.92 Å². The van der Waals surface area contributed by atoms with Crippen molar-refractivity contribution in [2.24, 2.45) is 11.0 Å². The average molecular weight is 405 g/mol. The van der Waals surface area contributed by atoms with Crippen molar-refractivity contribution in [3.05, 3.63) is 81.0 Å². The Morgan fingerprint density at radius 1 is 1.23 bits per heavy atom. The second kappa shape index (κ2) is 7.74. The number of fused-ring (bicyclic) bond motifs is 3. The molecule has 2 atom stereocenters. The third-order valence-corrected chi connectivity index (χ3v) is 5.75. The first-order valence-corrected chi connectivity index (χ1v) is 9.87. The number of ketones is 1. The highest BCUT2D eigenvalue weighted by molar-refractivity contribution is 6.06. The van der Waals surface area contributed by atoms with Crippen LogP contribution in [0.25, 0.3) is 0 Å². The molecule has 0 saturated heterocycles. The van der Waals surface area contributed by atoms with Crippen molar-refractivity contribution < 1.29 is 14.5 Å². The molecule has 0 radical (unpaired) electrons. The lowest BCUT2D eigenvalue weighted by molar-refractivity contribution is -0.384. The fourth-order valence-corrected chi connectivity index (χ4v) is 4.40. The van der Waals surface area contributed by atoms with Gasteiger partial charge in [0.1, 0.15) is 5.75 Å². The van der Waals surface area contributed by atoms with Gasteiger partial charge in [-0.1, -0.05) is 18.2 Å². The van der Waals surface area contributed by atoms with E-state index in [1.165, 1.54) is 24.6 Å². The number of aryl methyl sites for hydroxylation is 1. The number of hydrogen-bond acceptors (Lipinski definition) is 6. The first-order chi connectivity index (χ1) is 14.4. The first-order valence-electron chi connectivity index (χ1n) is 9.87. The summed E-state index contributed by atoms with van der Waals surface area (Å²) < 4.78 is 5.41. The summed E-state index contributed by atoms with van der Waals surface area (Å²) in [5, 5.41) is 17.9. The van der Waals surface area contributed by atoms with Gasteiger partial charge in [0.2, 0.25) is 0 Å². The predicted molar refractivity (Wildman–Crippen MR) is 113 cm³/mol. The van der Waals surface area contributed by atoms with Crippen LogP contribution >= 0.6 is 0 Å². The van der Waals surface area contributed by atoms with Crippen molar-refractivity contribution in [3.8, 4) is 5.75 Å². The highest BCUT2D eigenvalue weighted by Crippen LogP contribution is 2.45. The van der Waals surface area contributed by atoms with E-state index in [9.17, 15) is 14.9 Å². The van der Waals surface area contributed by atoms with E-state index in [4.69, 9.17) is 9.84 Å². The molecule has 0 spiro atoms. The number of benzene rings is 2. The zero-order valence-electron chi connectivity index (χ0n) is 17.2. The minimum absolute atomic E-state index is 0.0490. The standard InChI is InChI=1S/C23H23N3O4/c1-14(12-15(2)27)25-23(17-4-8-18(9-5-17)26(28)29)20-11-7-16-6-10-19(30-3)13-21(16)22(20)24-25/h4-6,8-10,12-13,20,23H,7,11H2,1-3H3/t20-,23+/m0/s1. The molecule has 0 saturated carbocycles. The summed E-state index contributed by atoms with van der Waals surface area (Å²) in [7, 11) is 1.64. The van der Waals surface area contributed by atoms with E-state index in [0.717, 1.165) is 41.1 Å². The summed E-state index contributed by atoms with van der Waals surface area (Å²) in [6, 6.07) is 12.5. The SMILES string of the molecule is COc1ccc2c(c1)C1=NN(C(C)=CC(C)=O)[C@H](c3ccc([N+](=O)[O-])cc3)[C@H]1CC2. The van der Waals surface area contributed by atoms with E-state index >= 15 is 0 Å². The first kappa shape index (κ1) is 19.8. The van der Waals surface area contributed by atoms with Crippen molar-refractivity contribution in [2.75, 3.05) is 7.11 Å². The van der Waals surface area contributed by atoms with Gasteiger partial charge < -0.3 is 4.74 Å². The van der Waals surface area contributed by atoms with E-state index in [-0.39, 0.29) is 23.4 Å². The van der Waals surface area contributed by atoms with Gasteiger partial charge in [-0.05, 0) is 49.9 Å². The molecule has 4 rings (SSSR count). The summed E-state index contributed by atoms with van der Waals surface area (Å²) in [6.45, 7) is 3.38. The number of allylic oxidation sites excluding steroid dienone is 2. The molecule has 0 amide bonds. The second-order valence-corrected chi connectivity index (χ2v) is 7.69. The number of ether oxygens (including phenoxy) is 1. The molecule has 1 aliphatic heterocycles. The maximum Gasteiger partial charge on any atom is 0.269 e. The Hall–Kier alpha value is -3.48. The summed E-state index contributed by atoms with van der Waals surface area (Å²) >= 11 is 0. The van der Waals surface area contributed by atoms with Crippen molar-refractivity contribution in [2.45, 2.75) is 32.7 Å². The summed E-state index contributed by atoms with van der Waals surface area (Å²) in [6.07, 6.45) is 3.39. The zero-order valence-corrected chi connectivity index (χ0v) is 17.2. The van der Waals surface area contributed by atoms with Crippen LogP contribution in [0.4, 0.5) is 5.69 Å².